The quantitative estimate of drug-likeness (QED) is 0.553. The summed E-state index contributed by atoms with van der Waals surface area (Å²) in [6.45, 7) is 3.13. The van der Waals surface area contributed by atoms with Crippen LogP contribution in [0.15, 0.2) is 60.7 Å². The zero-order valence-electron chi connectivity index (χ0n) is 17.0. The van der Waals surface area contributed by atoms with Crippen molar-refractivity contribution in [3.05, 3.63) is 87.4 Å². The molecule has 1 aliphatic heterocycles. The van der Waals surface area contributed by atoms with Gasteiger partial charge >= 0.3 is 5.84 Å². The van der Waals surface area contributed by atoms with E-state index in [9.17, 15) is 4.79 Å². The number of nitrogens with one attached hydrogen (secondary N) is 2. The molecule has 2 heterocycles. The monoisotopic (exact) mass is 417 g/mol. The van der Waals surface area contributed by atoms with Crippen LogP contribution >= 0.6 is 11.3 Å². The Morgan fingerprint density at radius 3 is 2.50 bits per heavy atom. The smallest absolute Gasteiger partial charge is 0.347 e. The van der Waals surface area contributed by atoms with Crippen LogP contribution in [0, 0.1) is 6.92 Å². The zero-order chi connectivity index (χ0) is 20.8. The summed E-state index contributed by atoms with van der Waals surface area (Å²) in [5.41, 5.74) is 4.31. The van der Waals surface area contributed by atoms with E-state index in [2.05, 4.69) is 39.9 Å². The van der Waals surface area contributed by atoms with Gasteiger partial charge in [-0.1, -0.05) is 72.0 Å². The summed E-state index contributed by atoms with van der Waals surface area (Å²) in [7, 11) is 0. The Morgan fingerprint density at radius 2 is 1.77 bits per heavy atom. The number of amides is 1. The van der Waals surface area contributed by atoms with Crippen LogP contribution in [-0.4, -0.2) is 29.0 Å². The standard InChI is InChI=1S/C24H24N4OS/c1-17-21(23(29)26-15-19-11-6-3-7-12-19)30-24(27-17)22-25-16-20(28-22)14-8-13-18-9-4-2-5-10-18/h2-7,9-12H,8,13-16H2,1H3,(H,26,29)/p+1. The molecule has 0 fully saturated rings. The number of hydrogen-bond acceptors (Lipinski definition) is 4. The van der Waals surface area contributed by atoms with Gasteiger partial charge in [0.15, 0.2) is 6.54 Å². The fourth-order valence-electron chi connectivity index (χ4n) is 3.40. The number of rotatable bonds is 8. The van der Waals surface area contributed by atoms with E-state index in [-0.39, 0.29) is 5.91 Å². The molecular formula is C24H25N4OS+. The van der Waals surface area contributed by atoms with Crippen LogP contribution in [-0.2, 0) is 13.0 Å². The number of aromatic nitrogens is 1. The minimum atomic E-state index is -0.0919. The number of amidine groups is 1. The molecule has 0 saturated carbocycles. The molecule has 2 aromatic carbocycles. The lowest BCUT2D eigenvalue weighted by atomic mass is 10.1. The molecule has 2 N–H and O–H groups in total. The molecule has 0 aliphatic carbocycles. The van der Waals surface area contributed by atoms with Crippen molar-refractivity contribution in [2.75, 3.05) is 6.54 Å². The van der Waals surface area contributed by atoms with Gasteiger partial charge in [0.1, 0.15) is 4.88 Å². The minimum absolute atomic E-state index is 0.0919. The Morgan fingerprint density at radius 1 is 1.07 bits per heavy atom. The summed E-state index contributed by atoms with van der Waals surface area (Å²) in [4.78, 5) is 17.8. The van der Waals surface area contributed by atoms with Crippen molar-refractivity contribution in [1.82, 2.24) is 20.3 Å². The first-order chi connectivity index (χ1) is 14.7. The summed E-state index contributed by atoms with van der Waals surface area (Å²) in [6.07, 6.45) is 3.08. The lowest BCUT2D eigenvalue weighted by Crippen LogP contribution is -2.23. The molecule has 0 unspecified atom stereocenters. The Labute approximate surface area is 180 Å². The predicted molar refractivity (Wildman–Crippen MR) is 123 cm³/mol. The normalized spacial score (nSPS) is 12.8. The average Bonchev–Trinajstić information content (AvgIpc) is 3.40. The molecule has 3 aromatic rings. The molecular weight excluding hydrogens is 392 g/mol. The summed E-state index contributed by atoms with van der Waals surface area (Å²) in [6, 6.07) is 20.4. The highest BCUT2D eigenvalue weighted by Gasteiger charge is 2.27. The number of nitrogens with zero attached hydrogens (tertiary/aromatic N) is 2. The number of thiazole rings is 1. The van der Waals surface area contributed by atoms with Crippen LogP contribution < -0.4 is 15.3 Å². The van der Waals surface area contributed by atoms with Gasteiger partial charge in [-0.25, -0.2) is 15.0 Å². The van der Waals surface area contributed by atoms with Crippen LogP contribution in [0.2, 0.25) is 0 Å². The first-order valence-electron chi connectivity index (χ1n) is 10.2. The van der Waals surface area contributed by atoms with Gasteiger partial charge in [-0.2, -0.15) is 0 Å². The molecule has 6 heteroatoms. The third-order valence-corrected chi connectivity index (χ3v) is 6.17. The molecule has 152 valence electrons. The SMILES string of the molecule is Cc1nc(C2=[N+]=C(CCCc3ccccc3)CN2)sc1C(=O)NCc1ccccc1. The average molecular weight is 418 g/mol. The maximum Gasteiger partial charge on any atom is 0.404 e. The molecule has 0 radical (unpaired) electrons. The molecule has 4 rings (SSSR count). The Hall–Kier alpha value is -3.21. The topological polar surface area (TPSA) is 68.1 Å². The van der Waals surface area contributed by atoms with Crippen LogP contribution in [0.5, 0.6) is 0 Å². The van der Waals surface area contributed by atoms with Crippen LogP contribution in [0.1, 0.15) is 44.3 Å². The van der Waals surface area contributed by atoms with Gasteiger partial charge in [0.25, 0.3) is 5.91 Å². The van der Waals surface area contributed by atoms with Crippen molar-refractivity contribution in [1.29, 1.82) is 0 Å². The number of benzene rings is 2. The second-order valence-corrected chi connectivity index (χ2v) is 8.32. The lowest BCUT2D eigenvalue weighted by molar-refractivity contribution is 0.0954. The second kappa shape index (κ2) is 9.53. The van der Waals surface area contributed by atoms with Gasteiger partial charge in [-0.3, -0.25) is 4.79 Å². The maximum absolute atomic E-state index is 12.6. The Bertz CT molecular complexity index is 1080. The van der Waals surface area contributed by atoms with Crippen molar-refractivity contribution < 1.29 is 4.79 Å². The van der Waals surface area contributed by atoms with E-state index in [1.54, 1.807) is 0 Å². The van der Waals surface area contributed by atoms with E-state index in [0.29, 0.717) is 11.4 Å². The molecule has 1 aliphatic rings. The highest BCUT2D eigenvalue weighted by molar-refractivity contribution is 7.15. The van der Waals surface area contributed by atoms with Gasteiger partial charge < -0.3 is 5.32 Å². The number of carbonyl (C=O) groups excluding carboxylic acids is 1. The third kappa shape index (κ3) is 5.03. The molecule has 30 heavy (non-hydrogen) atoms. The van der Waals surface area contributed by atoms with Crippen molar-refractivity contribution >= 4 is 28.8 Å². The summed E-state index contributed by atoms with van der Waals surface area (Å²) < 4.78 is 4.74. The number of carbonyl (C=O) groups is 1. The van der Waals surface area contributed by atoms with E-state index < -0.39 is 0 Å². The molecule has 0 atom stereocenters. The summed E-state index contributed by atoms with van der Waals surface area (Å²) >= 11 is 1.39. The van der Waals surface area contributed by atoms with E-state index >= 15 is 0 Å². The van der Waals surface area contributed by atoms with Gasteiger partial charge in [0, 0.05) is 13.0 Å². The van der Waals surface area contributed by atoms with E-state index in [0.717, 1.165) is 53.6 Å². The fourth-order valence-corrected chi connectivity index (χ4v) is 4.35. The van der Waals surface area contributed by atoms with E-state index in [1.807, 2.05) is 43.3 Å². The Balaban J connectivity index is 1.38. The van der Waals surface area contributed by atoms with Crippen molar-refractivity contribution in [2.24, 2.45) is 0 Å². The first-order valence-corrected chi connectivity index (χ1v) is 11.0. The largest absolute Gasteiger partial charge is 0.404 e. The van der Waals surface area contributed by atoms with Crippen molar-refractivity contribution in [2.45, 2.75) is 32.7 Å². The molecule has 1 aromatic heterocycles. The molecule has 0 spiro atoms. The zero-order valence-corrected chi connectivity index (χ0v) is 17.8. The van der Waals surface area contributed by atoms with Crippen molar-refractivity contribution in [3.63, 3.8) is 0 Å². The maximum atomic E-state index is 12.6. The second-order valence-electron chi connectivity index (χ2n) is 7.32. The van der Waals surface area contributed by atoms with E-state index in [4.69, 9.17) is 4.67 Å². The van der Waals surface area contributed by atoms with E-state index in [1.165, 1.54) is 16.9 Å². The number of aryl methyl sites for hydroxylation is 2. The predicted octanol–water partition coefficient (Wildman–Crippen LogP) is 3.26. The van der Waals surface area contributed by atoms with Gasteiger partial charge in [-0.15, -0.1) is 0 Å². The van der Waals surface area contributed by atoms with Gasteiger partial charge in [0.05, 0.1) is 5.69 Å². The van der Waals surface area contributed by atoms with Crippen LogP contribution in [0.25, 0.3) is 0 Å². The third-order valence-electron chi connectivity index (χ3n) is 5.00. The highest BCUT2D eigenvalue weighted by atomic mass is 32.1. The Kier molecular flexibility index (Phi) is 6.38. The number of hydrogen-bond donors (Lipinski definition) is 2. The fraction of sp³-hybridized carbons (Fsp3) is 0.250. The summed E-state index contributed by atoms with van der Waals surface area (Å²) in [5.74, 6) is 0.686. The van der Waals surface area contributed by atoms with Gasteiger partial charge in [0.2, 0.25) is 10.7 Å². The lowest BCUT2D eigenvalue weighted by Gasteiger charge is -2.03. The highest BCUT2D eigenvalue weighted by Crippen LogP contribution is 2.18. The molecule has 1 amide bonds. The van der Waals surface area contributed by atoms with Gasteiger partial charge in [-0.05, 0) is 30.9 Å². The molecule has 5 nitrogen and oxygen atoms in total. The van der Waals surface area contributed by atoms with Crippen molar-refractivity contribution in [3.8, 4) is 0 Å². The molecule has 0 saturated heterocycles. The summed E-state index contributed by atoms with van der Waals surface area (Å²) in [5, 5.41) is 7.09. The first kappa shape index (κ1) is 20.1. The van der Waals surface area contributed by atoms with Crippen LogP contribution in [0.4, 0.5) is 0 Å². The minimum Gasteiger partial charge on any atom is -0.347 e. The molecule has 0 bridgehead atoms. The van der Waals surface area contributed by atoms with Crippen LogP contribution in [0.3, 0.4) is 0 Å².